The zero-order valence-electron chi connectivity index (χ0n) is 22.9. The summed E-state index contributed by atoms with van der Waals surface area (Å²) in [7, 11) is 0. The normalized spacial score (nSPS) is 16.0. The van der Waals surface area contributed by atoms with Crippen LogP contribution in [0.5, 0.6) is 23.3 Å². The van der Waals surface area contributed by atoms with Gasteiger partial charge in [-0.05, 0) is 94.0 Å². The summed E-state index contributed by atoms with van der Waals surface area (Å²) in [5, 5.41) is 2.58. The monoisotopic (exact) mass is 610 g/mol. The van der Waals surface area contributed by atoms with Crippen LogP contribution in [0.15, 0.2) is 109 Å². The van der Waals surface area contributed by atoms with Gasteiger partial charge in [-0.3, -0.25) is 0 Å². The van der Waals surface area contributed by atoms with Crippen molar-refractivity contribution in [3.8, 4) is 23.3 Å². The molecule has 7 aromatic rings. The van der Waals surface area contributed by atoms with Crippen LogP contribution in [0.2, 0.25) is 10.3 Å². The first kappa shape index (κ1) is 25.5. The van der Waals surface area contributed by atoms with E-state index in [4.69, 9.17) is 32.7 Å². The van der Waals surface area contributed by atoms with Gasteiger partial charge < -0.3 is 9.47 Å². The number of benzene rings is 3. The fourth-order valence-corrected chi connectivity index (χ4v) is 6.86. The van der Waals surface area contributed by atoms with Gasteiger partial charge >= 0.3 is 0 Å². The summed E-state index contributed by atoms with van der Waals surface area (Å²) < 4.78 is 12.6. The minimum Gasteiger partial charge on any atom is -0.439 e. The Morgan fingerprint density at radius 2 is 0.864 bits per heavy atom. The number of fused-ring (bicyclic) bond motifs is 2. The summed E-state index contributed by atoms with van der Waals surface area (Å²) in [6, 6.07) is 36.2. The van der Waals surface area contributed by atoms with Crippen LogP contribution in [0.25, 0.3) is 22.1 Å². The van der Waals surface area contributed by atoms with E-state index in [1.54, 1.807) is 12.1 Å². The summed E-state index contributed by atoms with van der Waals surface area (Å²) in [4.78, 5) is 17.8. The highest BCUT2D eigenvalue weighted by molar-refractivity contribution is 6.30. The topological polar surface area (TPSA) is 70.0 Å². The van der Waals surface area contributed by atoms with Crippen LogP contribution in [0.1, 0.15) is 45.2 Å². The predicted octanol–water partition coefficient (Wildman–Crippen LogP) is 9.45. The van der Waals surface area contributed by atoms with Gasteiger partial charge in [-0.1, -0.05) is 59.6 Å². The summed E-state index contributed by atoms with van der Waals surface area (Å²) in [5.41, 5.74) is 8.68. The Hall–Kier alpha value is -5.04. The van der Waals surface area contributed by atoms with E-state index in [1.165, 1.54) is 33.4 Å². The van der Waals surface area contributed by atoms with Gasteiger partial charge in [-0.15, -0.1) is 0 Å². The van der Waals surface area contributed by atoms with Crippen LogP contribution >= 0.6 is 23.2 Å². The molecule has 3 aliphatic rings. The molecule has 210 valence electrons. The maximum atomic E-state index is 6.28. The molecular formula is C36H20Cl2N4O2. The highest BCUT2D eigenvalue weighted by Crippen LogP contribution is 2.57. The van der Waals surface area contributed by atoms with Crippen LogP contribution < -0.4 is 9.47 Å². The largest absolute Gasteiger partial charge is 0.439 e. The predicted molar refractivity (Wildman–Crippen MR) is 170 cm³/mol. The van der Waals surface area contributed by atoms with Gasteiger partial charge in [0.1, 0.15) is 21.8 Å². The molecular weight excluding hydrogens is 591 g/mol. The number of aromatic nitrogens is 4. The average molecular weight is 611 g/mol. The van der Waals surface area contributed by atoms with E-state index in [0.29, 0.717) is 44.9 Å². The fourth-order valence-electron chi connectivity index (χ4n) is 6.57. The van der Waals surface area contributed by atoms with Crippen LogP contribution in [-0.4, -0.2) is 19.9 Å². The van der Waals surface area contributed by atoms with Crippen molar-refractivity contribution in [1.82, 2.24) is 19.9 Å². The molecule has 6 nitrogen and oxygen atoms in total. The molecule has 4 aromatic heterocycles. The summed E-state index contributed by atoms with van der Waals surface area (Å²) in [6.07, 6.45) is 0. The van der Waals surface area contributed by atoms with E-state index in [0.717, 1.165) is 10.8 Å². The first-order valence-electron chi connectivity index (χ1n) is 14.2. The van der Waals surface area contributed by atoms with Crippen molar-refractivity contribution < 1.29 is 9.47 Å². The average Bonchev–Trinajstić information content (AvgIpc) is 3.04. The van der Waals surface area contributed by atoms with E-state index in [9.17, 15) is 0 Å². The standard InChI is InChI=1S/C36H20Cl2N4O2/c37-29-13-5-19-7-15-31(41-35(19)39-29)43-21-9-11-25-27(17-21)34-24-4-2-1-3-23(24)33(25)26-12-10-22(18-28(26)34)44-32-16-8-20-6-14-30(38)40-36(20)42-32/h1-18,33-34H. The Bertz CT molecular complexity index is 2170. The Balaban J connectivity index is 1.10. The number of hydrogen-bond donors (Lipinski definition) is 0. The second-order valence-corrected chi connectivity index (χ2v) is 11.7. The molecule has 0 atom stereocenters. The van der Waals surface area contributed by atoms with Crippen LogP contribution in [0.4, 0.5) is 0 Å². The summed E-state index contributed by atoms with van der Waals surface area (Å²) >= 11 is 12.2. The lowest BCUT2D eigenvalue weighted by atomic mass is 9.61. The highest BCUT2D eigenvalue weighted by atomic mass is 35.5. The second kappa shape index (κ2) is 9.74. The van der Waals surface area contributed by atoms with Crippen LogP contribution in [-0.2, 0) is 0 Å². The number of rotatable bonds is 4. The summed E-state index contributed by atoms with van der Waals surface area (Å²) in [6.45, 7) is 0. The summed E-state index contributed by atoms with van der Waals surface area (Å²) in [5.74, 6) is 2.47. The molecule has 8 heteroatoms. The second-order valence-electron chi connectivity index (χ2n) is 10.9. The molecule has 0 amide bonds. The molecule has 0 N–H and O–H groups in total. The highest BCUT2D eigenvalue weighted by Gasteiger charge is 2.41. The van der Waals surface area contributed by atoms with E-state index in [-0.39, 0.29) is 11.8 Å². The van der Waals surface area contributed by atoms with E-state index < -0.39 is 0 Å². The number of hydrogen-bond acceptors (Lipinski definition) is 6. The number of halogens is 2. The molecule has 10 rings (SSSR count). The number of ether oxygens (including phenoxy) is 2. The first-order valence-corrected chi connectivity index (χ1v) is 14.9. The Morgan fingerprint density at radius 1 is 0.432 bits per heavy atom. The third kappa shape index (κ3) is 4.10. The van der Waals surface area contributed by atoms with Gasteiger partial charge in [0.15, 0.2) is 11.3 Å². The van der Waals surface area contributed by atoms with Crippen LogP contribution in [0.3, 0.4) is 0 Å². The lowest BCUT2D eigenvalue weighted by molar-refractivity contribution is 0.462. The van der Waals surface area contributed by atoms with E-state index in [1.807, 2.05) is 48.5 Å². The molecule has 0 saturated carbocycles. The Morgan fingerprint density at radius 3 is 1.36 bits per heavy atom. The maximum Gasteiger partial charge on any atom is 0.221 e. The van der Waals surface area contributed by atoms with Crippen molar-refractivity contribution in [1.29, 1.82) is 0 Å². The van der Waals surface area contributed by atoms with Gasteiger partial charge in [0.2, 0.25) is 11.8 Å². The van der Waals surface area contributed by atoms with Crippen molar-refractivity contribution in [2.75, 3.05) is 0 Å². The zero-order valence-corrected chi connectivity index (χ0v) is 24.4. The van der Waals surface area contributed by atoms with Gasteiger partial charge in [0.25, 0.3) is 0 Å². The Kier molecular flexibility index (Phi) is 5.64. The molecule has 0 aliphatic heterocycles. The lowest BCUT2D eigenvalue weighted by Gasteiger charge is -2.42. The molecule has 0 fully saturated rings. The third-order valence-corrected chi connectivity index (χ3v) is 8.83. The smallest absolute Gasteiger partial charge is 0.221 e. The quantitative estimate of drug-likeness (QED) is 0.185. The van der Waals surface area contributed by atoms with E-state index in [2.05, 4.69) is 68.5 Å². The first-order chi connectivity index (χ1) is 21.6. The minimum absolute atomic E-state index is 0.0170. The van der Waals surface area contributed by atoms with Crippen molar-refractivity contribution >= 4 is 45.3 Å². The van der Waals surface area contributed by atoms with Gasteiger partial charge in [0, 0.05) is 34.7 Å². The zero-order chi connectivity index (χ0) is 29.4. The van der Waals surface area contributed by atoms with Crippen molar-refractivity contribution in [2.24, 2.45) is 0 Å². The van der Waals surface area contributed by atoms with Crippen molar-refractivity contribution in [3.05, 3.63) is 153 Å². The molecule has 0 saturated heterocycles. The minimum atomic E-state index is 0.0170. The number of pyridine rings is 4. The van der Waals surface area contributed by atoms with E-state index >= 15 is 0 Å². The molecule has 0 radical (unpaired) electrons. The molecule has 3 aromatic carbocycles. The SMILES string of the molecule is Clc1ccc2ccc(Oc3ccc4c(c3)C3c5ccccc5C4c4ccc(Oc5ccc6ccc(Cl)nc6n5)cc43)nc2n1. The number of nitrogens with zero attached hydrogens (tertiary/aromatic N) is 4. The molecule has 2 bridgehead atoms. The fraction of sp³-hybridized carbons (Fsp3) is 0.0556. The molecule has 3 aliphatic carbocycles. The molecule has 44 heavy (non-hydrogen) atoms. The molecule has 0 spiro atoms. The Labute approximate surface area is 261 Å². The third-order valence-electron chi connectivity index (χ3n) is 8.41. The lowest BCUT2D eigenvalue weighted by Crippen LogP contribution is -2.27. The maximum absolute atomic E-state index is 6.28. The van der Waals surface area contributed by atoms with Crippen LogP contribution in [0, 0.1) is 0 Å². The van der Waals surface area contributed by atoms with Gasteiger partial charge in [0.05, 0.1) is 0 Å². The molecule has 0 unspecified atom stereocenters. The van der Waals surface area contributed by atoms with Gasteiger partial charge in [-0.25, -0.2) is 9.97 Å². The molecule has 4 heterocycles. The van der Waals surface area contributed by atoms with Gasteiger partial charge in [-0.2, -0.15) is 9.97 Å². The van der Waals surface area contributed by atoms with Crippen molar-refractivity contribution in [3.63, 3.8) is 0 Å². The van der Waals surface area contributed by atoms with Crippen molar-refractivity contribution in [2.45, 2.75) is 11.8 Å².